The molecule has 2 rings (SSSR count). The number of para-hydroxylation sites is 1. The molecule has 0 spiro atoms. The van der Waals surface area contributed by atoms with Gasteiger partial charge >= 0.3 is 0 Å². The largest absolute Gasteiger partial charge is 0.351 e. The molecule has 0 atom stereocenters. The van der Waals surface area contributed by atoms with Crippen molar-refractivity contribution >= 4 is 15.7 Å². The number of H-pyrrole nitrogens is 1. The van der Waals surface area contributed by atoms with Crippen LogP contribution in [-0.4, -0.2) is 13.4 Å². The van der Waals surface area contributed by atoms with E-state index in [9.17, 15) is 8.42 Å². The Morgan fingerprint density at radius 2 is 1.73 bits per heavy atom. The highest BCUT2D eigenvalue weighted by molar-refractivity contribution is 7.92. The van der Waals surface area contributed by atoms with Crippen LogP contribution in [0.5, 0.6) is 0 Å². The molecule has 0 unspecified atom stereocenters. The van der Waals surface area contributed by atoms with Crippen LogP contribution in [0, 0.1) is 0 Å². The van der Waals surface area contributed by atoms with E-state index in [2.05, 4.69) is 9.71 Å². The van der Waals surface area contributed by atoms with Crippen LogP contribution in [0.15, 0.2) is 53.7 Å². The zero-order chi connectivity index (χ0) is 10.7. The summed E-state index contributed by atoms with van der Waals surface area (Å²) in [5, 5.41) is 0.159. The molecule has 0 bridgehead atoms. The second kappa shape index (κ2) is 3.78. The molecule has 0 amide bonds. The smallest absolute Gasteiger partial charge is 0.277 e. The van der Waals surface area contributed by atoms with Crippen molar-refractivity contribution in [1.29, 1.82) is 0 Å². The zero-order valence-corrected chi connectivity index (χ0v) is 8.66. The van der Waals surface area contributed by atoms with Gasteiger partial charge in [0.15, 0.2) is 5.03 Å². The van der Waals surface area contributed by atoms with Crippen molar-refractivity contribution in [2.24, 2.45) is 0 Å². The number of hydrogen-bond acceptors (Lipinski definition) is 2. The molecule has 15 heavy (non-hydrogen) atoms. The topological polar surface area (TPSA) is 62.0 Å². The van der Waals surface area contributed by atoms with Gasteiger partial charge in [-0.2, -0.15) is 8.42 Å². The summed E-state index contributed by atoms with van der Waals surface area (Å²) in [6.45, 7) is 0. The maximum atomic E-state index is 11.7. The second-order valence-corrected chi connectivity index (χ2v) is 4.66. The van der Waals surface area contributed by atoms with Crippen molar-refractivity contribution in [2.75, 3.05) is 4.72 Å². The fourth-order valence-corrected chi connectivity index (χ4v) is 2.23. The van der Waals surface area contributed by atoms with Crippen LogP contribution in [0.4, 0.5) is 5.69 Å². The average molecular weight is 222 g/mol. The summed E-state index contributed by atoms with van der Waals surface area (Å²) < 4.78 is 25.9. The quantitative estimate of drug-likeness (QED) is 0.832. The Kier molecular flexibility index (Phi) is 2.47. The number of aromatic nitrogens is 1. The van der Waals surface area contributed by atoms with E-state index in [4.69, 9.17) is 0 Å². The Balaban J connectivity index is 2.27. The first kappa shape index (κ1) is 9.79. The zero-order valence-electron chi connectivity index (χ0n) is 7.84. The molecule has 5 heteroatoms. The van der Waals surface area contributed by atoms with E-state index < -0.39 is 10.0 Å². The molecular formula is C10H10N2O2S. The SMILES string of the molecule is O=S(=O)(Nc1ccccc1)c1ccc[nH]1. The van der Waals surface area contributed by atoms with Gasteiger partial charge in [-0.3, -0.25) is 4.72 Å². The minimum absolute atomic E-state index is 0.159. The van der Waals surface area contributed by atoms with Gasteiger partial charge < -0.3 is 4.98 Å². The van der Waals surface area contributed by atoms with E-state index in [1.54, 1.807) is 36.5 Å². The Bertz CT molecular complexity index is 518. The Morgan fingerprint density at radius 1 is 1.00 bits per heavy atom. The van der Waals surface area contributed by atoms with Crippen molar-refractivity contribution in [3.8, 4) is 0 Å². The minimum Gasteiger partial charge on any atom is -0.351 e. The first-order valence-electron chi connectivity index (χ1n) is 4.40. The first-order chi connectivity index (χ1) is 7.18. The molecule has 0 aliphatic carbocycles. The lowest BCUT2D eigenvalue weighted by atomic mass is 10.3. The molecule has 1 aromatic carbocycles. The first-order valence-corrected chi connectivity index (χ1v) is 5.88. The van der Waals surface area contributed by atoms with E-state index in [-0.39, 0.29) is 5.03 Å². The number of hydrogen-bond donors (Lipinski definition) is 2. The predicted molar refractivity (Wildman–Crippen MR) is 58.0 cm³/mol. The van der Waals surface area contributed by atoms with Gasteiger partial charge in [0.05, 0.1) is 0 Å². The molecule has 0 aliphatic heterocycles. The molecule has 0 aliphatic rings. The number of nitrogens with one attached hydrogen (secondary N) is 2. The lowest BCUT2D eigenvalue weighted by molar-refractivity contribution is 0.598. The third-order valence-corrected chi connectivity index (χ3v) is 3.22. The van der Waals surface area contributed by atoms with Gasteiger partial charge in [-0.15, -0.1) is 0 Å². The Hall–Kier alpha value is -1.75. The number of sulfonamides is 1. The molecule has 2 aromatic rings. The van der Waals surface area contributed by atoms with E-state index in [1.165, 1.54) is 6.07 Å². The van der Waals surface area contributed by atoms with Gasteiger partial charge in [-0.05, 0) is 24.3 Å². The van der Waals surface area contributed by atoms with Gasteiger partial charge in [0.1, 0.15) is 0 Å². The highest BCUT2D eigenvalue weighted by atomic mass is 32.2. The van der Waals surface area contributed by atoms with Crippen LogP contribution in [0.25, 0.3) is 0 Å². The summed E-state index contributed by atoms with van der Waals surface area (Å²) in [5.41, 5.74) is 0.548. The molecule has 0 fully saturated rings. The number of rotatable bonds is 3. The van der Waals surface area contributed by atoms with Crippen LogP contribution >= 0.6 is 0 Å². The highest BCUT2D eigenvalue weighted by Gasteiger charge is 2.13. The summed E-state index contributed by atoms with van der Waals surface area (Å²) in [6, 6.07) is 11.9. The van der Waals surface area contributed by atoms with Gasteiger partial charge in [-0.1, -0.05) is 18.2 Å². The van der Waals surface area contributed by atoms with Gasteiger partial charge in [-0.25, -0.2) is 0 Å². The van der Waals surface area contributed by atoms with Crippen molar-refractivity contribution < 1.29 is 8.42 Å². The fourth-order valence-electron chi connectivity index (χ4n) is 1.20. The third kappa shape index (κ3) is 2.19. The molecule has 4 nitrogen and oxygen atoms in total. The minimum atomic E-state index is -3.48. The van der Waals surface area contributed by atoms with E-state index >= 15 is 0 Å². The molecule has 1 aromatic heterocycles. The normalized spacial score (nSPS) is 11.2. The molecule has 1 heterocycles. The highest BCUT2D eigenvalue weighted by Crippen LogP contribution is 2.13. The molecule has 78 valence electrons. The van der Waals surface area contributed by atoms with Crippen LogP contribution in [-0.2, 0) is 10.0 Å². The lowest BCUT2D eigenvalue weighted by Crippen LogP contribution is -2.12. The molecule has 0 saturated carbocycles. The summed E-state index contributed by atoms with van der Waals surface area (Å²) in [5.74, 6) is 0. The fraction of sp³-hybridized carbons (Fsp3) is 0. The van der Waals surface area contributed by atoms with Crippen LogP contribution in [0.3, 0.4) is 0 Å². The number of benzene rings is 1. The number of aromatic amines is 1. The maximum absolute atomic E-state index is 11.7. The van der Waals surface area contributed by atoms with Crippen molar-refractivity contribution in [2.45, 2.75) is 5.03 Å². The summed E-state index contributed by atoms with van der Waals surface area (Å²) in [6.07, 6.45) is 1.57. The standard InChI is InChI=1S/C10H10N2O2S/c13-15(14,10-7-4-8-11-10)12-9-5-2-1-3-6-9/h1-8,11-12H. The summed E-state index contributed by atoms with van der Waals surface area (Å²) in [7, 11) is -3.48. The lowest BCUT2D eigenvalue weighted by Gasteiger charge is -2.05. The van der Waals surface area contributed by atoms with Gasteiger partial charge in [0.25, 0.3) is 10.0 Å². The Morgan fingerprint density at radius 3 is 2.33 bits per heavy atom. The number of anilines is 1. The van der Waals surface area contributed by atoms with E-state index in [1.807, 2.05) is 6.07 Å². The molecule has 0 saturated heterocycles. The summed E-state index contributed by atoms with van der Waals surface area (Å²) in [4.78, 5) is 2.65. The predicted octanol–water partition coefficient (Wildman–Crippen LogP) is 1.82. The van der Waals surface area contributed by atoms with Crippen molar-refractivity contribution in [3.63, 3.8) is 0 Å². The molecule has 2 N–H and O–H groups in total. The monoisotopic (exact) mass is 222 g/mol. The van der Waals surface area contributed by atoms with Crippen molar-refractivity contribution in [1.82, 2.24) is 4.98 Å². The Labute approximate surface area is 88.0 Å². The second-order valence-electron chi connectivity index (χ2n) is 3.01. The van der Waals surface area contributed by atoms with Gasteiger partial charge in [0.2, 0.25) is 0 Å². The van der Waals surface area contributed by atoms with E-state index in [0.29, 0.717) is 5.69 Å². The van der Waals surface area contributed by atoms with E-state index in [0.717, 1.165) is 0 Å². The van der Waals surface area contributed by atoms with Gasteiger partial charge in [0, 0.05) is 11.9 Å². The average Bonchev–Trinajstić information content (AvgIpc) is 2.71. The third-order valence-electron chi connectivity index (χ3n) is 1.88. The maximum Gasteiger partial charge on any atom is 0.277 e. The summed E-state index contributed by atoms with van der Waals surface area (Å²) >= 11 is 0. The van der Waals surface area contributed by atoms with Crippen LogP contribution in [0.2, 0.25) is 0 Å². The molecular weight excluding hydrogens is 212 g/mol. The van der Waals surface area contributed by atoms with Crippen LogP contribution < -0.4 is 4.72 Å². The molecule has 0 radical (unpaired) electrons. The van der Waals surface area contributed by atoms with Crippen molar-refractivity contribution in [3.05, 3.63) is 48.7 Å². The van der Waals surface area contributed by atoms with Crippen LogP contribution in [0.1, 0.15) is 0 Å².